The Morgan fingerprint density at radius 3 is 2.43 bits per heavy atom. The summed E-state index contributed by atoms with van der Waals surface area (Å²) in [6, 6.07) is 14.5. The lowest BCUT2D eigenvalue weighted by molar-refractivity contribution is -0.132. The highest BCUT2D eigenvalue weighted by atomic mass is 32.2. The molecule has 5 heteroatoms. The van der Waals surface area contributed by atoms with E-state index in [4.69, 9.17) is 9.47 Å². The Labute approximate surface area is 139 Å². The van der Waals surface area contributed by atoms with Gasteiger partial charge in [-0.15, -0.1) is 0 Å². The first-order chi connectivity index (χ1) is 11.0. The van der Waals surface area contributed by atoms with Crippen LogP contribution in [0.15, 0.2) is 58.8 Å². The molecular formula is C18H16O4S. The van der Waals surface area contributed by atoms with Crippen LogP contribution in [0.25, 0.3) is 6.08 Å². The number of benzene rings is 2. The molecule has 0 N–H and O–H groups in total. The molecule has 0 unspecified atom stereocenters. The summed E-state index contributed by atoms with van der Waals surface area (Å²) in [4.78, 5) is 22.9. The van der Waals surface area contributed by atoms with E-state index in [1.165, 1.54) is 25.6 Å². The Morgan fingerprint density at radius 2 is 1.70 bits per heavy atom. The summed E-state index contributed by atoms with van der Waals surface area (Å²) >= 11 is 1.44. The van der Waals surface area contributed by atoms with Gasteiger partial charge in [-0.1, -0.05) is 36.0 Å². The molecule has 0 spiro atoms. The highest BCUT2D eigenvalue weighted by Gasteiger charge is 2.04. The van der Waals surface area contributed by atoms with Crippen molar-refractivity contribution in [2.24, 2.45) is 0 Å². The van der Waals surface area contributed by atoms with Gasteiger partial charge < -0.3 is 9.47 Å². The van der Waals surface area contributed by atoms with Gasteiger partial charge in [-0.2, -0.15) is 0 Å². The summed E-state index contributed by atoms with van der Waals surface area (Å²) in [5.74, 6) is 0.334. The minimum atomic E-state index is -0.351. The summed E-state index contributed by atoms with van der Waals surface area (Å²) < 4.78 is 10.2. The summed E-state index contributed by atoms with van der Waals surface area (Å²) in [5, 5.41) is 1.88. The minimum Gasteiger partial charge on any atom is -0.427 e. The van der Waals surface area contributed by atoms with Crippen LogP contribution in [-0.2, 0) is 9.59 Å². The third kappa shape index (κ3) is 5.64. The molecule has 2 rings (SSSR count). The number of hydrogen-bond acceptors (Lipinski definition) is 5. The first-order valence-corrected chi connectivity index (χ1v) is 7.81. The number of carbonyl (C=O) groups is 2. The van der Waals surface area contributed by atoms with Crippen molar-refractivity contribution in [3.05, 3.63) is 59.5 Å². The maximum absolute atomic E-state index is 11.1. The van der Waals surface area contributed by atoms with Gasteiger partial charge in [0.05, 0.1) is 4.90 Å². The fourth-order valence-corrected chi connectivity index (χ4v) is 2.58. The molecule has 0 aromatic heterocycles. The van der Waals surface area contributed by atoms with Crippen molar-refractivity contribution in [3.63, 3.8) is 0 Å². The van der Waals surface area contributed by atoms with Crippen molar-refractivity contribution >= 4 is 29.8 Å². The zero-order chi connectivity index (χ0) is 16.7. The molecule has 23 heavy (non-hydrogen) atoms. The van der Waals surface area contributed by atoms with Crippen LogP contribution in [0.4, 0.5) is 0 Å². The molecule has 4 nitrogen and oxygen atoms in total. The topological polar surface area (TPSA) is 52.6 Å². The van der Waals surface area contributed by atoms with E-state index in [0.717, 1.165) is 10.5 Å². The summed E-state index contributed by atoms with van der Waals surface area (Å²) in [6.45, 7) is 2.74. The second-order valence-corrected chi connectivity index (χ2v) is 5.57. The maximum atomic E-state index is 11.1. The zero-order valence-corrected chi connectivity index (χ0v) is 13.6. The molecule has 0 amide bonds. The average molecular weight is 328 g/mol. The summed E-state index contributed by atoms with van der Waals surface area (Å²) in [5.41, 5.74) is 0.904. The van der Waals surface area contributed by atoms with E-state index >= 15 is 0 Å². The quantitative estimate of drug-likeness (QED) is 0.465. The number of esters is 2. The Kier molecular flexibility index (Phi) is 6.00. The van der Waals surface area contributed by atoms with Crippen molar-refractivity contribution in [1.82, 2.24) is 0 Å². The monoisotopic (exact) mass is 328 g/mol. The lowest BCUT2D eigenvalue weighted by Gasteiger charge is -2.06. The number of ether oxygens (including phenoxy) is 2. The second kappa shape index (κ2) is 8.19. The third-order valence-corrected chi connectivity index (χ3v) is 3.54. The second-order valence-electron chi connectivity index (χ2n) is 4.63. The standard InChI is InChI=1S/C18H16O4S/c1-13(19)21-16-7-5-6-15(12-16)10-11-23-18-9-4-3-8-17(18)22-14(2)20/h3-12H,1-2H3. The van der Waals surface area contributed by atoms with Gasteiger partial charge in [-0.05, 0) is 41.3 Å². The molecule has 0 saturated heterocycles. The van der Waals surface area contributed by atoms with Gasteiger partial charge in [-0.25, -0.2) is 0 Å². The molecule has 2 aromatic carbocycles. The lowest BCUT2D eigenvalue weighted by Crippen LogP contribution is -2.01. The number of thioether (sulfide) groups is 1. The normalized spacial score (nSPS) is 10.5. The van der Waals surface area contributed by atoms with Gasteiger partial charge in [0.25, 0.3) is 0 Å². The molecule has 0 fully saturated rings. The number of rotatable bonds is 5. The van der Waals surface area contributed by atoms with Crippen LogP contribution in [0.3, 0.4) is 0 Å². The van der Waals surface area contributed by atoms with Crippen LogP contribution in [0.2, 0.25) is 0 Å². The highest BCUT2D eigenvalue weighted by molar-refractivity contribution is 8.02. The Bertz CT molecular complexity index is 737. The van der Waals surface area contributed by atoms with Crippen molar-refractivity contribution in [1.29, 1.82) is 0 Å². The largest absolute Gasteiger partial charge is 0.427 e. The van der Waals surface area contributed by atoms with E-state index in [1.54, 1.807) is 18.2 Å². The van der Waals surface area contributed by atoms with E-state index in [0.29, 0.717) is 11.5 Å². The molecule has 0 saturated carbocycles. The molecule has 0 radical (unpaired) electrons. The van der Waals surface area contributed by atoms with Crippen LogP contribution in [0.5, 0.6) is 11.5 Å². The Morgan fingerprint density at radius 1 is 0.957 bits per heavy atom. The number of para-hydroxylation sites is 1. The zero-order valence-electron chi connectivity index (χ0n) is 12.8. The molecule has 0 heterocycles. The first kappa shape index (κ1) is 16.8. The fourth-order valence-electron chi connectivity index (χ4n) is 1.82. The van der Waals surface area contributed by atoms with Crippen LogP contribution >= 0.6 is 11.8 Å². The summed E-state index contributed by atoms with van der Waals surface area (Å²) in [7, 11) is 0. The lowest BCUT2D eigenvalue weighted by atomic mass is 10.2. The van der Waals surface area contributed by atoms with Gasteiger partial charge in [0.2, 0.25) is 0 Å². The van der Waals surface area contributed by atoms with Crippen molar-refractivity contribution in [2.75, 3.05) is 0 Å². The van der Waals surface area contributed by atoms with Crippen molar-refractivity contribution < 1.29 is 19.1 Å². The number of carbonyl (C=O) groups excluding carboxylic acids is 2. The molecular weight excluding hydrogens is 312 g/mol. The fraction of sp³-hybridized carbons (Fsp3) is 0.111. The highest BCUT2D eigenvalue weighted by Crippen LogP contribution is 2.30. The van der Waals surface area contributed by atoms with Gasteiger partial charge in [0.1, 0.15) is 11.5 Å². The molecule has 0 aliphatic heterocycles. The van der Waals surface area contributed by atoms with Crippen LogP contribution in [0.1, 0.15) is 19.4 Å². The molecule has 0 aliphatic rings. The predicted octanol–water partition coefficient (Wildman–Crippen LogP) is 4.30. The van der Waals surface area contributed by atoms with Crippen LogP contribution in [-0.4, -0.2) is 11.9 Å². The smallest absolute Gasteiger partial charge is 0.308 e. The molecule has 0 atom stereocenters. The van der Waals surface area contributed by atoms with E-state index < -0.39 is 0 Å². The van der Waals surface area contributed by atoms with E-state index in [9.17, 15) is 9.59 Å². The van der Waals surface area contributed by atoms with Crippen molar-refractivity contribution in [3.8, 4) is 11.5 Å². The van der Waals surface area contributed by atoms with Crippen LogP contribution in [0, 0.1) is 0 Å². The minimum absolute atomic E-state index is 0.351. The van der Waals surface area contributed by atoms with Crippen molar-refractivity contribution in [2.45, 2.75) is 18.7 Å². The molecule has 118 valence electrons. The van der Waals surface area contributed by atoms with E-state index in [-0.39, 0.29) is 11.9 Å². The molecule has 2 aromatic rings. The van der Waals surface area contributed by atoms with Gasteiger partial charge >= 0.3 is 11.9 Å². The van der Waals surface area contributed by atoms with Gasteiger partial charge in [-0.3, -0.25) is 9.59 Å². The molecule has 0 bridgehead atoms. The Hall–Kier alpha value is -2.53. The van der Waals surface area contributed by atoms with Gasteiger partial charge in [0.15, 0.2) is 0 Å². The van der Waals surface area contributed by atoms with E-state index in [2.05, 4.69) is 0 Å². The van der Waals surface area contributed by atoms with E-state index in [1.807, 2.05) is 41.8 Å². The van der Waals surface area contributed by atoms with Crippen LogP contribution < -0.4 is 9.47 Å². The first-order valence-electron chi connectivity index (χ1n) is 6.94. The predicted molar refractivity (Wildman–Crippen MR) is 90.4 cm³/mol. The maximum Gasteiger partial charge on any atom is 0.308 e. The Balaban J connectivity index is 2.07. The third-order valence-electron chi connectivity index (χ3n) is 2.68. The van der Waals surface area contributed by atoms with Gasteiger partial charge in [0, 0.05) is 13.8 Å². The summed E-state index contributed by atoms with van der Waals surface area (Å²) in [6.07, 6.45) is 1.89. The SMILES string of the molecule is CC(=O)Oc1cccc(C=CSc2ccccc2OC(C)=O)c1. The number of hydrogen-bond donors (Lipinski definition) is 0. The molecule has 0 aliphatic carbocycles. The average Bonchev–Trinajstić information content (AvgIpc) is 2.48.